The number of rotatable bonds is 6. The highest BCUT2D eigenvalue weighted by Crippen LogP contribution is 2.12. The average molecular weight is 302 g/mol. The molecule has 5 nitrogen and oxygen atoms in total. The van der Waals surface area contributed by atoms with Gasteiger partial charge in [0.2, 0.25) is 15.9 Å². The lowest BCUT2D eigenvalue weighted by Crippen LogP contribution is -2.38. The van der Waals surface area contributed by atoms with Crippen LogP contribution in [0.3, 0.4) is 0 Å². The highest BCUT2D eigenvalue weighted by Gasteiger charge is 2.22. The zero-order valence-corrected chi connectivity index (χ0v) is 12.5. The van der Waals surface area contributed by atoms with Crippen molar-refractivity contribution in [3.8, 4) is 0 Å². The molecule has 0 aliphatic rings. The van der Waals surface area contributed by atoms with E-state index in [4.69, 9.17) is 0 Å². The van der Waals surface area contributed by atoms with Crippen molar-refractivity contribution >= 4 is 21.6 Å². The van der Waals surface area contributed by atoms with E-state index in [-0.39, 0.29) is 23.4 Å². The minimum absolute atomic E-state index is 0.0520. The molecule has 1 atom stereocenters. The van der Waals surface area contributed by atoms with E-state index in [2.05, 4.69) is 10.0 Å². The Labute approximate surface area is 118 Å². The third kappa shape index (κ3) is 5.56. The number of nitrogens with one attached hydrogen (secondary N) is 2. The maximum absolute atomic E-state index is 13.0. The second kappa shape index (κ2) is 6.69. The molecule has 0 spiro atoms. The quantitative estimate of drug-likeness (QED) is 0.840. The molecule has 0 bridgehead atoms. The standard InChI is InChI=1S/C13H19FN2O3S/c1-9(2)15-13(17)10(3)8-20(18,19)16-12-6-4-5-11(14)7-12/h4-7,9-10,16H,8H2,1-3H3,(H,15,17). The first-order chi connectivity index (χ1) is 9.19. The highest BCUT2D eigenvalue weighted by molar-refractivity contribution is 7.92. The number of carbonyl (C=O) groups is 1. The molecule has 0 heterocycles. The van der Waals surface area contributed by atoms with E-state index in [1.54, 1.807) is 13.8 Å². The minimum Gasteiger partial charge on any atom is -0.354 e. The number of hydrogen-bond acceptors (Lipinski definition) is 3. The smallest absolute Gasteiger partial charge is 0.233 e. The van der Waals surface area contributed by atoms with Gasteiger partial charge in [0.15, 0.2) is 0 Å². The molecule has 20 heavy (non-hydrogen) atoms. The van der Waals surface area contributed by atoms with Crippen LogP contribution in [0, 0.1) is 11.7 Å². The van der Waals surface area contributed by atoms with Crippen molar-refractivity contribution in [3.63, 3.8) is 0 Å². The molecule has 7 heteroatoms. The summed E-state index contributed by atoms with van der Waals surface area (Å²) in [4.78, 5) is 11.7. The van der Waals surface area contributed by atoms with Gasteiger partial charge in [-0.1, -0.05) is 13.0 Å². The minimum atomic E-state index is -3.71. The normalized spacial score (nSPS) is 13.1. The zero-order chi connectivity index (χ0) is 15.3. The predicted octanol–water partition coefficient (Wildman–Crippen LogP) is 1.73. The molecule has 1 unspecified atom stereocenters. The van der Waals surface area contributed by atoms with Gasteiger partial charge in [0.1, 0.15) is 5.82 Å². The summed E-state index contributed by atoms with van der Waals surface area (Å²) in [5, 5.41) is 2.65. The highest BCUT2D eigenvalue weighted by atomic mass is 32.2. The Bertz CT molecular complexity index is 573. The molecular weight excluding hydrogens is 283 g/mol. The number of carbonyl (C=O) groups excluding carboxylic acids is 1. The van der Waals surface area contributed by atoms with Gasteiger partial charge in [0.05, 0.1) is 17.4 Å². The van der Waals surface area contributed by atoms with Crippen molar-refractivity contribution in [2.24, 2.45) is 5.92 Å². The molecule has 1 rings (SSSR count). The molecule has 0 fully saturated rings. The van der Waals surface area contributed by atoms with E-state index in [0.29, 0.717) is 0 Å². The van der Waals surface area contributed by atoms with Crippen LogP contribution in [0.1, 0.15) is 20.8 Å². The van der Waals surface area contributed by atoms with Crippen molar-refractivity contribution in [2.75, 3.05) is 10.5 Å². The summed E-state index contributed by atoms with van der Waals surface area (Å²) < 4.78 is 39.0. The van der Waals surface area contributed by atoms with Crippen molar-refractivity contribution in [1.29, 1.82) is 0 Å². The molecule has 0 aromatic heterocycles. The van der Waals surface area contributed by atoms with Crippen LogP contribution < -0.4 is 10.0 Å². The van der Waals surface area contributed by atoms with Crippen LogP contribution >= 0.6 is 0 Å². The van der Waals surface area contributed by atoms with Crippen LogP contribution in [0.4, 0.5) is 10.1 Å². The van der Waals surface area contributed by atoms with Gasteiger partial charge in [-0.15, -0.1) is 0 Å². The molecule has 0 radical (unpaired) electrons. The topological polar surface area (TPSA) is 75.3 Å². The fraction of sp³-hybridized carbons (Fsp3) is 0.462. The number of benzene rings is 1. The third-order valence-electron chi connectivity index (χ3n) is 2.45. The third-order valence-corrected chi connectivity index (χ3v) is 3.93. The summed E-state index contributed by atoms with van der Waals surface area (Å²) in [5.41, 5.74) is 0.140. The van der Waals surface area contributed by atoms with E-state index in [1.165, 1.54) is 25.1 Å². The molecule has 0 saturated heterocycles. The summed E-state index contributed by atoms with van der Waals surface area (Å²) in [6.45, 7) is 5.12. The van der Waals surface area contributed by atoms with Crippen LogP contribution in [0.2, 0.25) is 0 Å². The maximum atomic E-state index is 13.0. The molecule has 1 aromatic rings. The first kappa shape index (κ1) is 16.4. The second-order valence-electron chi connectivity index (χ2n) is 4.96. The van der Waals surface area contributed by atoms with Gasteiger partial charge in [-0.05, 0) is 32.0 Å². The first-order valence-corrected chi connectivity index (χ1v) is 7.91. The number of hydrogen-bond donors (Lipinski definition) is 2. The average Bonchev–Trinajstić information content (AvgIpc) is 2.26. The van der Waals surface area contributed by atoms with Crippen LogP contribution in [0.15, 0.2) is 24.3 Å². The number of halogens is 1. The Kier molecular flexibility index (Phi) is 5.50. The molecule has 0 saturated carbocycles. The Morgan fingerprint density at radius 1 is 1.30 bits per heavy atom. The summed E-state index contributed by atoms with van der Waals surface area (Å²) >= 11 is 0. The van der Waals surface area contributed by atoms with Crippen molar-refractivity contribution in [3.05, 3.63) is 30.1 Å². The van der Waals surface area contributed by atoms with E-state index in [9.17, 15) is 17.6 Å². The summed E-state index contributed by atoms with van der Waals surface area (Å²) in [7, 11) is -3.71. The Hall–Kier alpha value is -1.63. The molecule has 112 valence electrons. The van der Waals surface area contributed by atoms with Gasteiger partial charge in [-0.25, -0.2) is 12.8 Å². The molecule has 1 amide bonds. The lowest BCUT2D eigenvalue weighted by atomic mass is 10.2. The van der Waals surface area contributed by atoms with Gasteiger partial charge in [0, 0.05) is 6.04 Å². The lowest BCUT2D eigenvalue weighted by molar-refractivity contribution is -0.124. The van der Waals surface area contributed by atoms with E-state index in [1.807, 2.05) is 0 Å². The fourth-order valence-electron chi connectivity index (χ4n) is 1.60. The van der Waals surface area contributed by atoms with Gasteiger partial charge >= 0.3 is 0 Å². The van der Waals surface area contributed by atoms with Crippen LogP contribution in [0.25, 0.3) is 0 Å². The lowest BCUT2D eigenvalue weighted by Gasteiger charge is -2.15. The van der Waals surface area contributed by atoms with Crippen molar-refractivity contribution in [2.45, 2.75) is 26.8 Å². The van der Waals surface area contributed by atoms with Gasteiger partial charge in [0.25, 0.3) is 0 Å². The van der Waals surface area contributed by atoms with E-state index < -0.39 is 21.8 Å². The number of sulfonamides is 1. The Morgan fingerprint density at radius 2 is 1.95 bits per heavy atom. The second-order valence-corrected chi connectivity index (χ2v) is 6.73. The van der Waals surface area contributed by atoms with Gasteiger partial charge in [-0.2, -0.15) is 0 Å². The summed E-state index contributed by atoms with van der Waals surface area (Å²) in [6, 6.07) is 5.10. The fourth-order valence-corrected chi connectivity index (χ4v) is 2.98. The molecule has 0 aliphatic heterocycles. The van der Waals surface area contributed by atoms with E-state index in [0.717, 1.165) is 6.07 Å². The predicted molar refractivity (Wildman–Crippen MR) is 76.3 cm³/mol. The van der Waals surface area contributed by atoms with E-state index >= 15 is 0 Å². The Morgan fingerprint density at radius 3 is 2.50 bits per heavy atom. The Balaban J connectivity index is 2.68. The van der Waals surface area contributed by atoms with Crippen molar-refractivity contribution < 1.29 is 17.6 Å². The number of anilines is 1. The van der Waals surface area contributed by atoms with Crippen LogP contribution in [-0.4, -0.2) is 26.1 Å². The van der Waals surface area contributed by atoms with Gasteiger partial charge in [-0.3, -0.25) is 9.52 Å². The largest absolute Gasteiger partial charge is 0.354 e. The first-order valence-electron chi connectivity index (χ1n) is 6.26. The molecule has 0 aliphatic carbocycles. The monoisotopic (exact) mass is 302 g/mol. The maximum Gasteiger partial charge on any atom is 0.233 e. The summed E-state index contributed by atoms with van der Waals surface area (Å²) in [5.74, 6) is -1.91. The summed E-state index contributed by atoms with van der Waals surface area (Å²) in [6.07, 6.45) is 0. The number of amides is 1. The van der Waals surface area contributed by atoms with Crippen LogP contribution in [0.5, 0.6) is 0 Å². The van der Waals surface area contributed by atoms with Crippen molar-refractivity contribution in [1.82, 2.24) is 5.32 Å². The van der Waals surface area contributed by atoms with Crippen LogP contribution in [-0.2, 0) is 14.8 Å². The van der Waals surface area contributed by atoms with Gasteiger partial charge < -0.3 is 5.32 Å². The molecule has 2 N–H and O–H groups in total. The molecule has 1 aromatic carbocycles. The zero-order valence-electron chi connectivity index (χ0n) is 11.7. The molecular formula is C13H19FN2O3S. The SMILES string of the molecule is CC(C)NC(=O)C(C)CS(=O)(=O)Nc1cccc(F)c1.